The van der Waals surface area contributed by atoms with Gasteiger partial charge in [0.05, 0.1) is 5.02 Å². The van der Waals surface area contributed by atoms with Gasteiger partial charge in [0, 0.05) is 55.0 Å². The Balaban J connectivity index is 1.31. The Labute approximate surface area is 169 Å². The molecule has 2 aromatic heterocycles. The van der Waals surface area contributed by atoms with E-state index < -0.39 is 0 Å². The predicted octanol–water partition coefficient (Wildman–Crippen LogP) is 3.07. The van der Waals surface area contributed by atoms with E-state index in [2.05, 4.69) is 19.8 Å². The number of rotatable bonds is 6. The number of aromatic amines is 1. The lowest BCUT2D eigenvalue weighted by Crippen LogP contribution is -2.47. The van der Waals surface area contributed by atoms with Crippen LogP contribution in [-0.4, -0.2) is 53.5 Å². The summed E-state index contributed by atoms with van der Waals surface area (Å²) in [5.74, 6) is 0.493. The lowest BCUT2D eigenvalue weighted by Gasteiger charge is -2.35. The molecule has 3 N–H and O–H groups in total. The van der Waals surface area contributed by atoms with Crippen LogP contribution in [0.5, 0.6) is 0 Å². The monoisotopic (exact) mass is 397 g/mol. The summed E-state index contributed by atoms with van der Waals surface area (Å²) in [4.78, 5) is 23.9. The molecule has 3 aromatic rings. The van der Waals surface area contributed by atoms with Gasteiger partial charge in [0.2, 0.25) is 5.91 Å². The fourth-order valence-corrected chi connectivity index (χ4v) is 4.07. The topological polar surface area (TPSA) is 78.2 Å². The average Bonchev–Trinajstić information content (AvgIpc) is 3.11. The zero-order valence-corrected chi connectivity index (χ0v) is 16.5. The number of anilines is 1. The highest BCUT2D eigenvalue weighted by molar-refractivity contribution is 6.32. The molecule has 1 aliphatic heterocycles. The van der Waals surface area contributed by atoms with Crippen molar-refractivity contribution in [3.63, 3.8) is 0 Å². The largest absolute Gasteiger partial charge is 0.366 e. The van der Waals surface area contributed by atoms with Gasteiger partial charge >= 0.3 is 0 Å². The molecule has 0 atom stereocenters. The zero-order chi connectivity index (χ0) is 19.5. The third-order valence-corrected chi connectivity index (χ3v) is 5.68. The summed E-state index contributed by atoms with van der Waals surface area (Å²) in [5.41, 5.74) is 8.24. The van der Waals surface area contributed by atoms with Gasteiger partial charge in [-0.3, -0.25) is 9.69 Å². The maximum absolute atomic E-state index is 11.4. The maximum Gasteiger partial charge on any atom is 0.248 e. The van der Waals surface area contributed by atoms with Gasteiger partial charge in [-0.2, -0.15) is 0 Å². The highest BCUT2D eigenvalue weighted by Gasteiger charge is 2.19. The average molecular weight is 398 g/mol. The number of aryl methyl sites for hydroxylation is 1. The van der Waals surface area contributed by atoms with Gasteiger partial charge < -0.3 is 15.6 Å². The van der Waals surface area contributed by atoms with Gasteiger partial charge in [0.25, 0.3) is 0 Å². The fraction of sp³-hybridized carbons (Fsp3) is 0.333. The van der Waals surface area contributed by atoms with Crippen LogP contribution in [0.15, 0.2) is 42.7 Å². The number of fused-ring (bicyclic) bond motifs is 1. The molecule has 1 fully saturated rings. The van der Waals surface area contributed by atoms with Crippen LogP contribution in [-0.2, 0) is 6.42 Å². The molecule has 1 aliphatic rings. The van der Waals surface area contributed by atoms with Crippen molar-refractivity contribution < 1.29 is 4.79 Å². The minimum atomic E-state index is -0.389. The Morgan fingerprint density at radius 2 is 2.04 bits per heavy atom. The van der Waals surface area contributed by atoms with Crippen molar-refractivity contribution in [1.82, 2.24) is 14.9 Å². The number of carbonyl (C=O) groups excluding carboxylic acids is 1. The Bertz CT molecular complexity index is 978. The van der Waals surface area contributed by atoms with E-state index in [-0.39, 0.29) is 5.91 Å². The van der Waals surface area contributed by atoms with Crippen molar-refractivity contribution in [3.05, 3.63) is 58.9 Å². The van der Waals surface area contributed by atoms with Crippen molar-refractivity contribution in [2.24, 2.45) is 5.73 Å². The molecule has 0 spiro atoms. The number of halogens is 1. The van der Waals surface area contributed by atoms with E-state index in [1.54, 1.807) is 12.3 Å². The summed E-state index contributed by atoms with van der Waals surface area (Å²) in [7, 11) is 0. The molecule has 4 rings (SSSR count). The molecule has 1 saturated heterocycles. The molecular formula is C21H24ClN5O. The summed E-state index contributed by atoms with van der Waals surface area (Å²) in [6, 6.07) is 9.32. The van der Waals surface area contributed by atoms with Crippen LogP contribution in [0.3, 0.4) is 0 Å². The first-order chi connectivity index (χ1) is 13.6. The van der Waals surface area contributed by atoms with E-state index in [0.717, 1.165) is 62.3 Å². The third-order valence-electron chi connectivity index (χ3n) is 5.38. The van der Waals surface area contributed by atoms with Crippen molar-refractivity contribution in [1.29, 1.82) is 0 Å². The van der Waals surface area contributed by atoms with Crippen LogP contribution in [0.4, 0.5) is 5.82 Å². The smallest absolute Gasteiger partial charge is 0.248 e. The van der Waals surface area contributed by atoms with Gasteiger partial charge in [-0.1, -0.05) is 11.6 Å². The molecule has 0 radical (unpaired) electrons. The number of carbonyl (C=O) groups is 1. The lowest BCUT2D eigenvalue weighted by molar-refractivity contribution is 0.100. The minimum Gasteiger partial charge on any atom is -0.366 e. The van der Waals surface area contributed by atoms with Crippen LogP contribution < -0.4 is 10.6 Å². The van der Waals surface area contributed by atoms with Crippen LogP contribution in [0.25, 0.3) is 10.9 Å². The zero-order valence-electron chi connectivity index (χ0n) is 15.7. The number of pyridine rings is 1. The number of nitrogens with zero attached hydrogens (tertiary/aromatic N) is 3. The van der Waals surface area contributed by atoms with Crippen molar-refractivity contribution in [2.75, 3.05) is 37.6 Å². The molecule has 6 nitrogen and oxygen atoms in total. The second kappa shape index (κ2) is 8.20. The predicted molar refractivity (Wildman–Crippen MR) is 113 cm³/mol. The Kier molecular flexibility index (Phi) is 5.50. The molecule has 0 unspecified atom stereocenters. The van der Waals surface area contributed by atoms with Gasteiger partial charge in [-0.05, 0) is 55.3 Å². The number of hydrogen-bond donors (Lipinski definition) is 2. The quantitative estimate of drug-likeness (QED) is 0.670. The fourth-order valence-electron chi connectivity index (χ4n) is 3.82. The lowest BCUT2D eigenvalue weighted by atomic mass is 10.1. The molecule has 1 aromatic carbocycles. The van der Waals surface area contributed by atoms with Crippen LogP contribution in [0.2, 0.25) is 5.02 Å². The van der Waals surface area contributed by atoms with Crippen LogP contribution >= 0.6 is 11.6 Å². The summed E-state index contributed by atoms with van der Waals surface area (Å²) in [6.07, 6.45) is 5.86. The first-order valence-electron chi connectivity index (χ1n) is 9.59. The SMILES string of the molecule is NC(=O)c1ccc2[nH]cc(CCCN3CCN(c4ncccc4Cl)CC3)c2c1. The standard InChI is InChI=1S/C21H24ClN5O/c22-18-4-1-7-24-21(18)27-11-9-26(10-12-27)8-2-3-16-14-25-19-6-5-15(20(23)28)13-17(16)19/h1,4-7,13-14,25H,2-3,8-12H2,(H2,23,28). The van der Waals surface area contributed by atoms with E-state index in [1.807, 2.05) is 30.5 Å². The van der Waals surface area contributed by atoms with Crippen molar-refractivity contribution in [3.8, 4) is 0 Å². The molecule has 0 aliphatic carbocycles. The van der Waals surface area contributed by atoms with Gasteiger partial charge in [0.15, 0.2) is 0 Å². The minimum absolute atomic E-state index is 0.389. The highest BCUT2D eigenvalue weighted by Crippen LogP contribution is 2.24. The summed E-state index contributed by atoms with van der Waals surface area (Å²) in [6.45, 7) is 4.93. The van der Waals surface area contributed by atoms with Crippen LogP contribution in [0.1, 0.15) is 22.3 Å². The number of nitrogens with two attached hydrogens (primary N) is 1. The van der Waals surface area contributed by atoms with E-state index in [9.17, 15) is 4.79 Å². The van der Waals surface area contributed by atoms with Crippen LogP contribution in [0, 0.1) is 0 Å². The molecule has 0 saturated carbocycles. The number of hydrogen-bond acceptors (Lipinski definition) is 4. The molecule has 3 heterocycles. The molecule has 7 heteroatoms. The molecular weight excluding hydrogens is 374 g/mol. The number of nitrogens with one attached hydrogen (secondary N) is 1. The first kappa shape index (κ1) is 18.8. The second-order valence-electron chi connectivity index (χ2n) is 7.18. The first-order valence-corrected chi connectivity index (χ1v) is 9.97. The maximum atomic E-state index is 11.4. The highest BCUT2D eigenvalue weighted by atomic mass is 35.5. The number of piperazine rings is 1. The second-order valence-corrected chi connectivity index (χ2v) is 7.59. The number of benzene rings is 1. The van der Waals surface area contributed by atoms with Gasteiger partial charge in [0.1, 0.15) is 5.82 Å². The van der Waals surface area contributed by atoms with E-state index in [0.29, 0.717) is 10.6 Å². The summed E-state index contributed by atoms with van der Waals surface area (Å²) in [5, 5.41) is 1.80. The van der Waals surface area contributed by atoms with E-state index in [1.165, 1.54) is 5.56 Å². The van der Waals surface area contributed by atoms with E-state index >= 15 is 0 Å². The molecule has 0 bridgehead atoms. The molecule has 28 heavy (non-hydrogen) atoms. The third kappa shape index (κ3) is 3.98. The summed E-state index contributed by atoms with van der Waals surface area (Å²) < 4.78 is 0. The van der Waals surface area contributed by atoms with Gasteiger partial charge in [-0.15, -0.1) is 0 Å². The molecule has 1 amide bonds. The number of amides is 1. The van der Waals surface area contributed by atoms with Gasteiger partial charge in [-0.25, -0.2) is 4.98 Å². The van der Waals surface area contributed by atoms with Crippen molar-refractivity contribution in [2.45, 2.75) is 12.8 Å². The number of primary amides is 1. The molecule has 146 valence electrons. The Morgan fingerprint density at radius 3 is 2.79 bits per heavy atom. The number of H-pyrrole nitrogens is 1. The normalized spacial score (nSPS) is 15.2. The Morgan fingerprint density at radius 1 is 1.21 bits per heavy atom. The Hall–Kier alpha value is -2.57. The summed E-state index contributed by atoms with van der Waals surface area (Å²) >= 11 is 6.26. The van der Waals surface area contributed by atoms with Crippen molar-refractivity contribution >= 4 is 34.2 Å². The number of aromatic nitrogens is 2. The van der Waals surface area contributed by atoms with E-state index in [4.69, 9.17) is 17.3 Å².